The first kappa shape index (κ1) is 17.7. The van der Waals surface area contributed by atoms with Gasteiger partial charge in [0.1, 0.15) is 5.82 Å². The molecule has 0 fully saturated rings. The van der Waals surface area contributed by atoms with Gasteiger partial charge in [0.15, 0.2) is 0 Å². The summed E-state index contributed by atoms with van der Waals surface area (Å²) >= 11 is 0. The van der Waals surface area contributed by atoms with Crippen molar-refractivity contribution >= 4 is 11.8 Å². The fourth-order valence-corrected chi connectivity index (χ4v) is 1.89. The van der Waals surface area contributed by atoms with Crippen LogP contribution in [0.2, 0.25) is 0 Å². The number of hydrogen-bond acceptors (Lipinski definition) is 4. The average molecular weight is 292 g/mol. The molecule has 0 amide bonds. The fourth-order valence-electron chi connectivity index (χ4n) is 1.89. The van der Waals surface area contributed by atoms with Crippen molar-refractivity contribution in [2.45, 2.75) is 60.3 Å². The molecule has 0 aromatic carbocycles. The van der Waals surface area contributed by atoms with Crippen molar-refractivity contribution in [2.75, 3.05) is 23.7 Å². The van der Waals surface area contributed by atoms with E-state index in [2.05, 4.69) is 68.2 Å². The Labute approximate surface area is 130 Å². The second-order valence-electron chi connectivity index (χ2n) is 6.87. The van der Waals surface area contributed by atoms with Gasteiger partial charge in [0.25, 0.3) is 0 Å². The number of hydrogen-bond donors (Lipinski definition) is 2. The van der Waals surface area contributed by atoms with E-state index in [0.717, 1.165) is 43.4 Å². The summed E-state index contributed by atoms with van der Waals surface area (Å²) in [4.78, 5) is 9.19. The molecule has 0 radical (unpaired) electrons. The predicted octanol–water partition coefficient (Wildman–Crippen LogP) is 4.52. The fraction of sp³-hybridized carbons (Fsp3) is 0.765. The highest BCUT2D eigenvalue weighted by Gasteiger charge is 2.08. The Balaban J connectivity index is 2.70. The molecule has 1 rings (SSSR count). The normalized spacial score (nSPS) is 11.5. The maximum Gasteiger partial charge on any atom is 0.224 e. The van der Waals surface area contributed by atoms with Crippen LogP contribution < -0.4 is 10.6 Å². The van der Waals surface area contributed by atoms with Crippen molar-refractivity contribution < 1.29 is 0 Å². The van der Waals surface area contributed by atoms with Gasteiger partial charge in [-0.2, -0.15) is 4.98 Å². The third kappa shape index (κ3) is 7.30. The molecule has 0 aliphatic heterocycles. The van der Waals surface area contributed by atoms with Crippen LogP contribution in [0.3, 0.4) is 0 Å². The van der Waals surface area contributed by atoms with Crippen LogP contribution in [0.4, 0.5) is 11.8 Å². The molecular formula is C17H32N4. The minimum Gasteiger partial charge on any atom is -0.370 e. The van der Waals surface area contributed by atoms with E-state index in [1.807, 2.05) is 0 Å². The molecular weight excluding hydrogens is 260 g/mol. The van der Waals surface area contributed by atoms with Gasteiger partial charge in [0, 0.05) is 19.2 Å². The Bertz CT molecular complexity index is 381. The zero-order valence-corrected chi connectivity index (χ0v) is 14.5. The zero-order chi connectivity index (χ0) is 15.8. The highest BCUT2D eigenvalue weighted by molar-refractivity contribution is 5.43. The number of anilines is 2. The first-order valence-electron chi connectivity index (χ1n) is 8.25. The van der Waals surface area contributed by atoms with Crippen molar-refractivity contribution in [2.24, 2.45) is 11.8 Å². The van der Waals surface area contributed by atoms with E-state index >= 15 is 0 Å². The van der Waals surface area contributed by atoms with Crippen LogP contribution in [-0.2, 0) is 0 Å². The van der Waals surface area contributed by atoms with Crippen molar-refractivity contribution in [3.05, 3.63) is 11.8 Å². The molecule has 0 aliphatic rings. The molecule has 0 aliphatic carbocycles. The van der Waals surface area contributed by atoms with Gasteiger partial charge >= 0.3 is 0 Å². The van der Waals surface area contributed by atoms with E-state index in [-0.39, 0.29) is 0 Å². The third-order valence-electron chi connectivity index (χ3n) is 3.37. The van der Waals surface area contributed by atoms with E-state index in [4.69, 9.17) is 0 Å². The largest absolute Gasteiger partial charge is 0.370 e. The first-order chi connectivity index (χ1) is 9.88. The second-order valence-corrected chi connectivity index (χ2v) is 6.87. The van der Waals surface area contributed by atoms with Crippen molar-refractivity contribution in [1.29, 1.82) is 0 Å². The predicted molar refractivity (Wildman–Crippen MR) is 92.0 cm³/mol. The van der Waals surface area contributed by atoms with Crippen LogP contribution in [0.25, 0.3) is 0 Å². The summed E-state index contributed by atoms with van der Waals surface area (Å²) in [5.74, 6) is 3.47. The SMILES string of the molecule is CC(C)CCNc1cc(C(C)C)nc(NCCC(C)C)n1. The van der Waals surface area contributed by atoms with Crippen LogP contribution >= 0.6 is 0 Å². The summed E-state index contributed by atoms with van der Waals surface area (Å²) in [5.41, 5.74) is 1.09. The minimum absolute atomic E-state index is 0.407. The molecule has 0 spiro atoms. The van der Waals surface area contributed by atoms with Crippen molar-refractivity contribution in [3.63, 3.8) is 0 Å². The molecule has 0 bridgehead atoms. The van der Waals surface area contributed by atoms with Gasteiger partial charge in [0.2, 0.25) is 5.95 Å². The van der Waals surface area contributed by atoms with Crippen molar-refractivity contribution in [1.82, 2.24) is 9.97 Å². The van der Waals surface area contributed by atoms with E-state index in [1.165, 1.54) is 0 Å². The van der Waals surface area contributed by atoms with Gasteiger partial charge in [-0.05, 0) is 30.6 Å². The summed E-state index contributed by atoms with van der Waals surface area (Å²) in [5, 5.41) is 6.77. The van der Waals surface area contributed by atoms with Crippen LogP contribution in [0, 0.1) is 11.8 Å². The number of nitrogens with one attached hydrogen (secondary N) is 2. The molecule has 0 saturated carbocycles. The molecule has 120 valence electrons. The van der Waals surface area contributed by atoms with Gasteiger partial charge in [-0.15, -0.1) is 0 Å². The Kier molecular flexibility index (Phi) is 7.48. The zero-order valence-electron chi connectivity index (χ0n) is 14.5. The summed E-state index contributed by atoms with van der Waals surface area (Å²) in [6.07, 6.45) is 2.28. The van der Waals surface area contributed by atoms with Crippen LogP contribution in [0.1, 0.15) is 66.0 Å². The van der Waals surface area contributed by atoms with E-state index in [0.29, 0.717) is 17.8 Å². The molecule has 4 nitrogen and oxygen atoms in total. The van der Waals surface area contributed by atoms with Gasteiger partial charge in [-0.3, -0.25) is 0 Å². The molecule has 1 aromatic rings. The van der Waals surface area contributed by atoms with Gasteiger partial charge in [0.05, 0.1) is 5.69 Å². The summed E-state index contributed by atoms with van der Waals surface area (Å²) < 4.78 is 0. The number of nitrogens with zero attached hydrogens (tertiary/aromatic N) is 2. The van der Waals surface area contributed by atoms with E-state index in [1.54, 1.807) is 0 Å². The molecule has 0 unspecified atom stereocenters. The lowest BCUT2D eigenvalue weighted by molar-refractivity contribution is 0.604. The van der Waals surface area contributed by atoms with E-state index in [9.17, 15) is 0 Å². The Morgan fingerprint density at radius 1 is 0.857 bits per heavy atom. The Hall–Kier alpha value is -1.32. The second kappa shape index (κ2) is 8.85. The van der Waals surface area contributed by atoms with Crippen LogP contribution in [-0.4, -0.2) is 23.1 Å². The summed E-state index contributed by atoms with van der Waals surface area (Å²) in [7, 11) is 0. The first-order valence-corrected chi connectivity index (χ1v) is 8.25. The number of rotatable bonds is 9. The quantitative estimate of drug-likeness (QED) is 0.703. The monoisotopic (exact) mass is 292 g/mol. The standard InChI is InChI=1S/C17H32N4/c1-12(2)7-9-18-16-11-15(14(5)6)20-17(21-16)19-10-8-13(3)4/h11-14H,7-10H2,1-6H3,(H2,18,19,20,21). The molecule has 4 heteroatoms. The molecule has 0 atom stereocenters. The molecule has 21 heavy (non-hydrogen) atoms. The van der Waals surface area contributed by atoms with Gasteiger partial charge in [-0.1, -0.05) is 41.5 Å². The Morgan fingerprint density at radius 3 is 1.95 bits per heavy atom. The van der Waals surface area contributed by atoms with Crippen LogP contribution in [0.15, 0.2) is 6.07 Å². The molecule has 0 saturated heterocycles. The lowest BCUT2D eigenvalue weighted by Gasteiger charge is -2.14. The summed E-state index contributed by atoms with van der Waals surface area (Å²) in [6, 6.07) is 2.07. The van der Waals surface area contributed by atoms with Crippen LogP contribution in [0.5, 0.6) is 0 Å². The third-order valence-corrected chi connectivity index (χ3v) is 3.37. The van der Waals surface area contributed by atoms with Crippen molar-refractivity contribution in [3.8, 4) is 0 Å². The summed E-state index contributed by atoms with van der Waals surface area (Å²) in [6.45, 7) is 15.1. The maximum atomic E-state index is 4.61. The smallest absolute Gasteiger partial charge is 0.224 e. The van der Waals surface area contributed by atoms with Gasteiger partial charge < -0.3 is 10.6 Å². The number of aromatic nitrogens is 2. The highest BCUT2D eigenvalue weighted by Crippen LogP contribution is 2.18. The minimum atomic E-state index is 0.407. The lowest BCUT2D eigenvalue weighted by atomic mass is 10.1. The highest BCUT2D eigenvalue weighted by atomic mass is 15.1. The lowest BCUT2D eigenvalue weighted by Crippen LogP contribution is -2.12. The molecule has 1 aromatic heterocycles. The Morgan fingerprint density at radius 2 is 1.43 bits per heavy atom. The maximum absolute atomic E-state index is 4.61. The molecule has 1 heterocycles. The average Bonchev–Trinajstić information content (AvgIpc) is 2.37. The van der Waals surface area contributed by atoms with Gasteiger partial charge in [-0.25, -0.2) is 4.98 Å². The molecule has 2 N–H and O–H groups in total. The topological polar surface area (TPSA) is 49.8 Å². The van der Waals surface area contributed by atoms with E-state index < -0.39 is 0 Å².